The lowest BCUT2D eigenvalue weighted by Crippen LogP contribution is -2.34. The maximum atomic E-state index is 12.5. The van der Waals surface area contributed by atoms with E-state index in [1.165, 1.54) is 0 Å². The van der Waals surface area contributed by atoms with E-state index in [9.17, 15) is 9.90 Å². The van der Waals surface area contributed by atoms with Gasteiger partial charge in [0.05, 0.1) is 13.2 Å². The van der Waals surface area contributed by atoms with Crippen LogP contribution < -0.4 is 4.74 Å². The fraction of sp³-hybridized carbons (Fsp3) is 0.562. The summed E-state index contributed by atoms with van der Waals surface area (Å²) < 4.78 is 5.15. The van der Waals surface area contributed by atoms with Gasteiger partial charge in [-0.15, -0.1) is 0 Å². The van der Waals surface area contributed by atoms with E-state index in [1.807, 2.05) is 13.0 Å². The topological polar surface area (TPSA) is 49.8 Å². The van der Waals surface area contributed by atoms with Crippen LogP contribution in [0.3, 0.4) is 0 Å². The van der Waals surface area contributed by atoms with Crippen LogP contribution in [0.25, 0.3) is 0 Å². The Labute approximate surface area is 120 Å². The normalized spacial score (nSPS) is 21.8. The fourth-order valence-corrected chi connectivity index (χ4v) is 2.87. The van der Waals surface area contributed by atoms with Crippen molar-refractivity contribution < 1.29 is 14.6 Å². The number of benzene rings is 1. The van der Waals surface area contributed by atoms with E-state index >= 15 is 0 Å². The van der Waals surface area contributed by atoms with Crippen LogP contribution in [0.2, 0.25) is 0 Å². The SMILES string of the molecule is COc1ccc(C(=O)N(C)CC2CCCC2O)c(C)c1. The van der Waals surface area contributed by atoms with Crippen molar-refractivity contribution in [2.75, 3.05) is 20.7 Å². The smallest absolute Gasteiger partial charge is 0.253 e. The summed E-state index contributed by atoms with van der Waals surface area (Å²) in [5.41, 5.74) is 1.61. The molecule has 0 saturated heterocycles. The maximum Gasteiger partial charge on any atom is 0.253 e. The van der Waals surface area contributed by atoms with E-state index in [2.05, 4.69) is 0 Å². The van der Waals surface area contributed by atoms with Crippen LogP contribution in [0, 0.1) is 12.8 Å². The van der Waals surface area contributed by atoms with Crippen LogP contribution in [0.4, 0.5) is 0 Å². The van der Waals surface area contributed by atoms with Gasteiger partial charge in [-0.05, 0) is 43.5 Å². The highest BCUT2D eigenvalue weighted by atomic mass is 16.5. The second-order valence-electron chi connectivity index (χ2n) is 5.62. The number of rotatable bonds is 4. The molecule has 0 heterocycles. The first kappa shape index (κ1) is 14.9. The Morgan fingerprint density at radius 3 is 2.75 bits per heavy atom. The van der Waals surface area contributed by atoms with Crippen LogP contribution in [0.15, 0.2) is 18.2 Å². The third kappa shape index (κ3) is 3.12. The molecule has 1 N–H and O–H groups in total. The molecule has 1 amide bonds. The second kappa shape index (κ2) is 6.27. The predicted molar refractivity (Wildman–Crippen MR) is 78.0 cm³/mol. The van der Waals surface area contributed by atoms with Crippen molar-refractivity contribution in [1.82, 2.24) is 4.90 Å². The van der Waals surface area contributed by atoms with E-state index in [1.54, 1.807) is 31.2 Å². The molecule has 0 aromatic heterocycles. The molecule has 1 aromatic rings. The Morgan fingerprint density at radius 1 is 1.45 bits per heavy atom. The number of carbonyl (C=O) groups excluding carboxylic acids is 1. The van der Waals surface area contributed by atoms with E-state index in [0.717, 1.165) is 30.6 Å². The number of amides is 1. The zero-order valence-corrected chi connectivity index (χ0v) is 12.4. The molecular formula is C16H23NO3. The number of hydrogen-bond donors (Lipinski definition) is 1. The molecule has 0 bridgehead atoms. The Bertz CT molecular complexity index is 487. The number of hydrogen-bond acceptors (Lipinski definition) is 3. The Morgan fingerprint density at radius 2 is 2.20 bits per heavy atom. The van der Waals surface area contributed by atoms with Crippen molar-refractivity contribution in [1.29, 1.82) is 0 Å². The summed E-state index contributed by atoms with van der Waals surface area (Å²) in [5.74, 6) is 0.972. The minimum Gasteiger partial charge on any atom is -0.497 e. The quantitative estimate of drug-likeness (QED) is 0.918. The van der Waals surface area contributed by atoms with E-state index in [-0.39, 0.29) is 17.9 Å². The van der Waals surface area contributed by atoms with Crippen LogP contribution >= 0.6 is 0 Å². The molecule has 20 heavy (non-hydrogen) atoms. The molecule has 4 nitrogen and oxygen atoms in total. The number of nitrogens with zero attached hydrogens (tertiary/aromatic N) is 1. The molecule has 1 saturated carbocycles. The van der Waals surface area contributed by atoms with Crippen LogP contribution in [-0.4, -0.2) is 42.7 Å². The van der Waals surface area contributed by atoms with Crippen molar-refractivity contribution in [3.8, 4) is 5.75 Å². The summed E-state index contributed by atoms with van der Waals surface area (Å²) in [6.45, 7) is 2.53. The average molecular weight is 277 g/mol. The number of carbonyl (C=O) groups is 1. The maximum absolute atomic E-state index is 12.5. The Kier molecular flexibility index (Phi) is 4.65. The highest BCUT2D eigenvalue weighted by Crippen LogP contribution is 2.26. The van der Waals surface area contributed by atoms with Gasteiger partial charge in [0.25, 0.3) is 5.91 Å². The first-order valence-electron chi connectivity index (χ1n) is 7.11. The van der Waals surface area contributed by atoms with Gasteiger partial charge in [0.15, 0.2) is 0 Å². The molecule has 0 radical (unpaired) electrons. The van der Waals surface area contributed by atoms with Crippen molar-refractivity contribution in [3.05, 3.63) is 29.3 Å². The largest absolute Gasteiger partial charge is 0.497 e. The van der Waals surface area contributed by atoms with Crippen molar-refractivity contribution >= 4 is 5.91 Å². The monoisotopic (exact) mass is 277 g/mol. The molecule has 0 aliphatic heterocycles. The fourth-order valence-electron chi connectivity index (χ4n) is 2.87. The second-order valence-corrected chi connectivity index (χ2v) is 5.62. The van der Waals surface area contributed by atoms with Gasteiger partial charge in [0.2, 0.25) is 0 Å². The van der Waals surface area contributed by atoms with Crippen molar-refractivity contribution in [3.63, 3.8) is 0 Å². The van der Waals surface area contributed by atoms with Gasteiger partial charge < -0.3 is 14.7 Å². The van der Waals surface area contributed by atoms with E-state index < -0.39 is 0 Å². The highest BCUT2D eigenvalue weighted by Gasteiger charge is 2.28. The summed E-state index contributed by atoms with van der Waals surface area (Å²) in [7, 11) is 3.42. The minimum absolute atomic E-state index is 0.00394. The molecule has 2 unspecified atom stereocenters. The Hall–Kier alpha value is -1.55. The summed E-state index contributed by atoms with van der Waals surface area (Å²) in [5, 5.41) is 9.86. The van der Waals surface area contributed by atoms with Crippen molar-refractivity contribution in [2.45, 2.75) is 32.3 Å². The number of aliphatic hydroxyl groups is 1. The minimum atomic E-state index is -0.262. The molecule has 2 atom stereocenters. The summed E-state index contributed by atoms with van der Waals surface area (Å²) in [6, 6.07) is 5.47. The number of aryl methyl sites for hydroxylation is 1. The van der Waals surface area contributed by atoms with Crippen molar-refractivity contribution in [2.24, 2.45) is 5.92 Å². The third-order valence-corrected chi connectivity index (χ3v) is 4.14. The van der Waals surface area contributed by atoms with Crippen LogP contribution in [0.1, 0.15) is 35.2 Å². The summed E-state index contributed by atoms with van der Waals surface area (Å²) >= 11 is 0. The summed E-state index contributed by atoms with van der Waals surface area (Å²) in [4.78, 5) is 14.2. The third-order valence-electron chi connectivity index (χ3n) is 4.14. The lowest BCUT2D eigenvalue weighted by molar-refractivity contribution is 0.0693. The first-order valence-corrected chi connectivity index (χ1v) is 7.11. The van der Waals surface area contributed by atoms with Gasteiger partial charge in [-0.1, -0.05) is 6.42 Å². The number of methoxy groups -OCH3 is 1. The molecule has 2 rings (SSSR count). The average Bonchev–Trinajstić information content (AvgIpc) is 2.83. The van der Waals surface area contributed by atoms with Gasteiger partial charge in [0, 0.05) is 25.1 Å². The number of ether oxygens (including phenoxy) is 1. The van der Waals surface area contributed by atoms with Gasteiger partial charge in [-0.3, -0.25) is 4.79 Å². The molecule has 1 aliphatic carbocycles. The molecule has 1 fully saturated rings. The lowest BCUT2D eigenvalue weighted by atomic mass is 10.0. The molecule has 4 heteroatoms. The molecule has 110 valence electrons. The highest BCUT2D eigenvalue weighted by molar-refractivity contribution is 5.95. The lowest BCUT2D eigenvalue weighted by Gasteiger charge is -2.24. The standard InChI is InChI=1S/C16H23NO3/c1-11-9-13(20-3)7-8-14(11)16(19)17(2)10-12-5-4-6-15(12)18/h7-9,12,15,18H,4-6,10H2,1-3H3. The van der Waals surface area contributed by atoms with Gasteiger partial charge in [-0.25, -0.2) is 0 Å². The number of aliphatic hydroxyl groups excluding tert-OH is 1. The van der Waals surface area contributed by atoms with Gasteiger partial charge in [0.1, 0.15) is 5.75 Å². The zero-order valence-electron chi connectivity index (χ0n) is 12.4. The van der Waals surface area contributed by atoms with Gasteiger partial charge >= 0.3 is 0 Å². The predicted octanol–water partition coefficient (Wildman–Crippen LogP) is 2.24. The van der Waals surface area contributed by atoms with E-state index in [0.29, 0.717) is 12.1 Å². The molecule has 0 spiro atoms. The molecule has 1 aliphatic rings. The van der Waals surface area contributed by atoms with Gasteiger partial charge in [-0.2, -0.15) is 0 Å². The first-order chi connectivity index (χ1) is 9.52. The van der Waals surface area contributed by atoms with E-state index in [4.69, 9.17) is 4.74 Å². The molecular weight excluding hydrogens is 254 g/mol. The molecule has 1 aromatic carbocycles. The summed E-state index contributed by atoms with van der Waals surface area (Å²) in [6.07, 6.45) is 2.64. The van der Waals surface area contributed by atoms with Crippen LogP contribution in [0.5, 0.6) is 5.75 Å². The Balaban J connectivity index is 2.06. The van der Waals surface area contributed by atoms with Crippen LogP contribution in [-0.2, 0) is 0 Å². The zero-order chi connectivity index (χ0) is 14.7.